The quantitative estimate of drug-likeness (QED) is 0.179. The highest BCUT2D eigenvalue weighted by Crippen LogP contribution is 2.28. The van der Waals surface area contributed by atoms with Crippen molar-refractivity contribution < 1.29 is 9.90 Å². The second-order valence-corrected chi connectivity index (χ2v) is 10.8. The fraction of sp³-hybridized carbons (Fsp3) is 0.581. The zero-order valence-electron chi connectivity index (χ0n) is 21.9. The second kappa shape index (κ2) is 19.3. The summed E-state index contributed by atoms with van der Waals surface area (Å²) in [5.41, 5.74) is 0.705. The van der Waals surface area contributed by atoms with Crippen molar-refractivity contribution in [2.24, 2.45) is 0 Å². The van der Waals surface area contributed by atoms with Gasteiger partial charge in [-0.15, -0.1) is 0 Å². The van der Waals surface area contributed by atoms with E-state index in [2.05, 4.69) is 12.2 Å². The summed E-state index contributed by atoms with van der Waals surface area (Å²) >= 11 is 1.61. The maximum Gasteiger partial charge on any atom is 0.251 e. The summed E-state index contributed by atoms with van der Waals surface area (Å²) in [5, 5.41) is 12.4. The van der Waals surface area contributed by atoms with E-state index in [1.54, 1.807) is 23.9 Å². The van der Waals surface area contributed by atoms with E-state index in [1.165, 1.54) is 96.3 Å². The van der Waals surface area contributed by atoms with Crippen LogP contribution in [0.4, 0.5) is 0 Å². The van der Waals surface area contributed by atoms with Crippen LogP contribution in [0, 0.1) is 0 Å². The average molecular weight is 498 g/mol. The number of aromatic hydroxyl groups is 1. The van der Waals surface area contributed by atoms with Crippen LogP contribution in [0.5, 0.6) is 5.75 Å². The summed E-state index contributed by atoms with van der Waals surface area (Å²) in [5.74, 6) is 0.276. The van der Waals surface area contributed by atoms with Crippen LogP contribution in [0.15, 0.2) is 58.3 Å². The number of hydrogen-bond donors (Lipinski definition) is 2. The van der Waals surface area contributed by atoms with Crippen LogP contribution in [-0.2, 0) is 0 Å². The highest BCUT2D eigenvalue weighted by atomic mass is 32.2. The first-order valence-electron chi connectivity index (χ1n) is 14.0. The minimum absolute atomic E-state index is 0.00661. The van der Waals surface area contributed by atoms with Gasteiger partial charge in [0.15, 0.2) is 0 Å². The van der Waals surface area contributed by atoms with Gasteiger partial charge in [-0.25, -0.2) is 0 Å². The number of phenolic OH excluding ortho intramolecular Hbond substituents is 1. The molecular weight excluding hydrogens is 450 g/mol. The Kier molecular flexibility index (Phi) is 16.1. The van der Waals surface area contributed by atoms with Crippen LogP contribution >= 0.6 is 11.8 Å². The molecule has 194 valence electrons. The van der Waals surface area contributed by atoms with Crippen molar-refractivity contribution in [2.75, 3.05) is 6.54 Å². The molecule has 0 aliphatic heterocycles. The summed E-state index contributed by atoms with van der Waals surface area (Å²) in [7, 11) is 0. The van der Waals surface area contributed by atoms with E-state index in [-0.39, 0.29) is 11.7 Å². The number of nitrogens with one attached hydrogen (secondary N) is 1. The van der Waals surface area contributed by atoms with Crippen LogP contribution in [-0.4, -0.2) is 17.6 Å². The second-order valence-electron chi connectivity index (χ2n) is 9.68. The molecule has 2 N–H and O–H groups in total. The highest BCUT2D eigenvalue weighted by Gasteiger charge is 2.05. The molecule has 1 amide bonds. The van der Waals surface area contributed by atoms with Gasteiger partial charge >= 0.3 is 0 Å². The maximum absolute atomic E-state index is 12.4. The predicted molar refractivity (Wildman–Crippen MR) is 151 cm³/mol. The number of phenols is 1. The first-order valence-corrected chi connectivity index (χ1v) is 14.9. The molecule has 0 spiro atoms. The van der Waals surface area contributed by atoms with Crippen molar-refractivity contribution in [1.29, 1.82) is 0 Å². The van der Waals surface area contributed by atoms with Gasteiger partial charge in [0.25, 0.3) is 5.91 Å². The molecule has 0 aromatic heterocycles. The average Bonchev–Trinajstić information content (AvgIpc) is 2.87. The molecular formula is C31H47NO2S. The summed E-state index contributed by atoms with van der Waals surface area (Å²) in [4.78, 5) is 14.5. The van der Waals surface area contributed by atoms with E-state index in [1.807, 2.05) is 36.4 Å². The van der Waals surface area contributed by atoms with Gasteiger partial charge in [0.1, 0.15) is 5.75 Å². The number of unbranched alkanes of at least 4 members (excludes halogenated alkanes) is 15. The molecule has 2 aromatic carbocycles. The van der Waals surface area contributed by atoms with E-state index in [0.29, 0.717) is 5.56 Å². The number of benzene rings is 2. The standard InChI is InChI=1S/C31H47NO2S/c1-2-3-4-5-6-7-8-9-10-11-12-13-14-15-16-17-26-32-31(34)27-18-22-29(23-19-27)35-30-24-20-28(33)21-25-30/h18-25,33H,2-17,26H2,1H3,(H,32,34). The predicted octanol–water partition coefficient (Wildman–Crippen LogP) is 9.53. The molecule has 35 heavy (non-hydrogen) atoms. The third-order valence-electron chi connectivity index (χ3n) is 6.50. The van der Waals surface area contributed by atoms with Crippen LogP contribution in [0.1, 0.15) is 120 Å². The zero-order chi connectivity index (χ0) is 25.0. The molecule has 4 heteroatoms. The highest BCUT2D eigenvalue weighted by molar-refractivity contribution is 7.99. The van der Waals surface area contributed by atoms with Crippen molar-refractivity contribution in [1.82, 2.24) is 5.32 Å². The van der Waals surface area contributed by atoms with Crippen LogP contribution in [0.25, 0.3) is 0 Å². The molecule has 0 fully saturated rings. The van der Waals surface area contributed by atoms with E-state index in [4.69, 9.17) is 0 Å². The lowest BCUT2D eigenvalue weighted by Gasteiger charge is -2.07. The number of rotatable bonds is 20. The van der Waals surface area contributed by atoms with Crippen molar-refractivity contribution >= 4 is 17.7 Å². The topological polar surface area (TPSA) is 49.3 Å². The molecule has 0 saturated carbocycles. The Bertz CT molecular complexity index is 789. The third kappa shape index (κ3) is 14.3. The van der Waals surface area contributed by atoms with Gasteiger partial charge in [-0.05, 0) is 55.0 Å². The van der Waals surface area contributed by atoms with Crippen LogP contribution in [0.2, 0.25) is 0 Å². The molecule has 0 atom stereocenters. The summed E-state index contributed by atoms with van der Waals surface area (Å²) in [6.45, 7) is 3.03. The van der Waals surface area contributed by atoms with Gasteiger partial charge in [0.2, 0.25) is 0 Å². The van der Waals surface area contributed by atoms with E-state index < -0.39 is 0 Å². The van der Waals surface area contributed by atoms with Crippen molar-refractivity contribution in [3.8, 4) is 5.75 Å². The molecule has 0 saturated heterocycles. The lowest BCUT2D eigenvalue weighted by atomic mass is 10.0. The summed E-state index contributed by atoms with van der Waals surface area (Å²) in [6, 6.07) is 14.8. The molecule has 0 aliphatic rings. The molecule has 0 aliphatic carbocycles. The number of amides is 1. The monoisotopic (exact) mass is 497 g/mol. The van der Waals surface area contributed by atoms with E-state index in [9.17, 15) is 9.90 Å². The SMILES string of the molecule is CCCCCCCCCCCCCCCCCCNC(=O)c1ccc(Sc2ccc(O)cc2)cc1. The minimum Gasteiger partial charge on any atom is -0.508 e. The first kappa shape index (κ1) is 29.3. The molecule has 0 unspecified atom stereocenters. The molecule has 0 bridgehead atoms. The summed E-state index contributed by atoms with van der Waals surface area (Å²) in [6.07, 6.45) is 21.8. The fourth-order valence-electron chi connectivity index (χ4n) is 4.30. The van der Waals surface area contributed by atoms with Crippen molar-refractivity contribution in [3.63, 3.8) is 0 Å². The Hall–Kier alpha value is -1.94. The van der Waals surface area contributed by atoms with Gasteiger partial charge in [0, 0.05) is 21.9 Å². The van der Waals surface area contributed by atoms with Gasteiger partial charge in [-0.2, -0.15) is 0 Å². The van der Waals surface area contributed by atoms with Gasteiger partial charge < -0.3 is 10.4 Å². The minimum atomic E-state index is 0.00661. The van der Waals surface area contributed by atoms with Gasteiger partial charge in [0.05, 0.1) is 0 Å². The summed E-state index contributed by atoms with van der Waals surface area (Å²) < 4.78 is 0. The van der Waals surface area contributed by atoms with E-state index in [0.717, 1.165) is 22.8 Å². The number of hydrogen-bond acceptors (Lipinski definition) is 3. The Labute approximate surface area is 218 Å². The number of carbonyl (C=O) groups is 1. The van der Waals surface area contributed by atoms with E-state index >= 15 is 0 Å². The lowest BCUT2D eigenvalue weighted by molar-refractivity contribution is 0.0953. The molecule has 2 aromatic rings. The third-order valence-corrected chi connectivity index (χ3v) is 7.52. The Morgan fingerprint density at radius 2 is 1.03 bits per heavy atom. The molecule has 0 radical (unpaired) electrons. The first-order chi connectivity index (χ1) is 17.2. The van der Waals surface area contributed by atoms with Crippen molar-refractivity contribution in [3.05, 3.63) is 54.1 Å². The lowest BCUT2D eigenvalue weighted by Crippen LogP contribution is -2.24. The Morgan fingerprint density at radius 3 is 1.49 bits per heavy atom. The van der Waals surface area contributed by atoms with Crippen molar-refractivity contribution in [2.45, 2.75) is 119 Å². The van der Waals surface area contributed by atoms with Gasteiger partial charge in [-0.1, -0.05) is 115 Å². The largest absolute Gasteiger partial charge is 0.508 e. The Morgan fingerprint density at radius 1 is 0.629 bits per heavy atom. The maximum atomic E-state index is 12.4. The molecule has 3 nitrogen and oxygen atoms in total. The smallest absolute Gasteiger partial charge is 0.251 e. The molecule has 2 rings (SSSR count). The van der Waals surface area contributed by atoms with Gasteiger partial charge in [-0.3, -0.25) is 4.79 Å². The normalized spacial score (nSPS) is 11.0. The zero-order valence-corrected chi connectivity index (χ0v) is 22.7. The fourth-order valence-corrected chi connectivity index (χ4v) is 5.12. The number of carbonyl (C=O) groups excluding carboxylic acids is 1. The van der Waals surface area contributed by atoms with Crippen LogP contribution in [0.3, 0.4) is 0 Å². The van der Waals surface area contributed by atoms with Crippen LogP contribution < -0.4 is 5.32 Å². The Balaban J connectivity index is 1.40. The molecule has 0 heterocycles.